The van der Waals surface area contributed by atoms with Crippen molar-refractivity contribution in [2.24, 2.45) is 0 Å². The van der Waals surface area contributed by atoms with Gasteiger partial charge in [-0.15, -0.1) is 0 Å². The summed E-state index contributed by atoms with van der Waals surface area (Å²) in [4.78, 5) is 12.1. The Labute approximate surface area is 112 Å². The second-order valence-electron chi connectivity index (χ2n) is 4.84. The zero-order valence-electron chi connectivity index (χ0n) is 10.9. The second kappa shape index (κ2) is 4.88. The Bertz CT molecular complexity index is 650. The Morgan fingerprint density at radius 3 is 2.74 bits per heavy atom. The average molecular weight is 252 g/mol. The molecular formula is C17H16O2. The van der Waals surface area contributed by atoms with Crippen LogP contribution in [0.4, 0.5) is 0 Å². The van der Waals surface area contributed by atoms with Crippen molar-refractivity contribution in [2.75, 3.05) is 0 Å². The van der Waals surface area contributed by atoms with E-state index in [1.807, 2.05) is 37.3 Å². The first-order chi connectivity index (χ1) is 9.29. The van der Waals surface area contributed by atoms with Crippen LogP contribution < -0.4 is 0 Å². The standard InChI is InChI=1S/C17H16O2/c1-2-13-10-11-16(17(18)19-13)15-9-5-7-12-6-3-4-8-14(12)15/h2-9,16H,10-11H2,1H3. The summed E-state index contributed by atoms with van der Waals surface area (Å²) >= 11 is 0. The molecule has 1 aliphatic rings. The van der Waals surface area contributed by atoms with Crippen molar-refractivity contribution in [3.8, 4) is 0 Å². The van der Waals surface area contributed by atoms with E-state index in [-0.39, 0.29) is 11.9 Å². The van der Waals surface area contributed by atoms with Crippen molar-refractivity contribution in [1.29, 1.82) is 0 Å². The minimum absolute atomic E-state index is 0.129. The smallest absolute Gasteiger partial charge is 0.318 e. The van der Waals surface area contributed by atoms with Gasteiger partial charge in [0.1, 0.15) is 5.76 Å². The van der Waals surface area contributed by atoms with E-state index in [0.717, 1.165) is 29.6 Å². The maximum atomic E-state index is 12.1. The van der Waals surface area contributed by atoms with Crippen LogP contribution in [0, 0.1) is 0 Å². The van der Waals surface area contributed by atoms with E-state index >= 15 is 0 Å². The van der Waals surface area contributed by atoms with Crippen molar-refractivity contribution in [3.63, 3.8) is 0 Å². The highest BCUT2D eigenvalue weighted by atomic mass is 16.5. The van der Waals surface area contributed by atoms with Gasteiger partial charge >= 0.3 is 5.97 Å². The number of carbonyl (C=O) groups excluding carboxylic acids is 1. The van der Waals surface area contributed by atoms with Crippen molar-refractivity contribution >= 4 is 16.7 Å². The van der Waals surface area contributed by atoms with Gasteiger partial charge in [0.15, 0.2) is 0 Å². The summed E-state index contributed by atoms with van der Waals surface area (Å²) < 4.78 is 5.37. The Morgan fingerprint density at radius 1 is 1.16 bits per heavy atom. The van der Waals surface area contributed by atoms with Crippen LogP contribution >= 0.6 is 0 Å². The highest BCUT2D eigenvalue weighted by Gasteiger charge is 2.29. The zero-order chi connectivity index (χ0) is 13.2. The lowest BCUT2D eigenvalue weighted by Gasteiger charge is -2.24. The van der Waals surface area contributed by atoms with Crippen LogP contribution in [-0.2, 0) is 9.53 Å². The molecule has 1 aliphatic heterocycles. The van der Waals surface area contributed by atoms with Crippen LogP contribution in [0.1, 0.15) is 31.2 Å². The predicted octanol–water partition coefficient (Wildman–Crippen LogP) is 4.16. The number of esters is 1. The van der Waals surface area contributed by atoms with E-state index in [4.69, 9.17) is 4.74 Å². The lowest BCUT2D eigenvalue weighted by Crippen LogP contribution is -2.21. The average Bonchev–Trinajstić information content (AvgIpc) is 2.46. The number of hydrogen-bond acceptors (Lipinski definition) is 2. The summed E-state index contributed by atoms with van der Waals surface area (Å²) in [6, 6.07) is 14.3. The summed E-state index contributed by atoms with van der Waals surface area (Å²) in [5, 5.41) is 2.32. The van der Waals surface area contributed by atoms with Crippen LogP contribution in [0.2, 0.25) is 0 Å². The number of allylic oxidation sites excluding steroid dienone is 2. The van der Waals surface area contributed by atoms with Gasteiger partial charge in [-0.25, -0.2) is 0 Å². The van der Waals surface area contributed by atoms with Crippen molar-refractivity contribution in [1.82, 2.24) is 0 Å². The molecule has 1 saturated heterocycles. The minimum Gasteiger partial charge on any atom is -0.431 e. The van der Waals surface area contributed by atoms with Crippen LogP contribution in [0.15, 0.2) is 54.3 Å². The number of hydrogen-bond donors (Lipinski definition) is 0. The van der Waals surface area contributed by atoms with Crippen LogP contribution in [0.5, 0.6) is 0 Å². The molecule has 19 heavy (non-hydrogen) atoms. The highest BCUT2D eigenvalue weighted by molar-refractivity contribution is 5.91. The Balaban J connectivity index is 2.03. The van der Waals surface area contributed by atoms with Crippen LogP contribution in [0.25, 0.3) is 10.8 Å². The quantitative estimate of drug-likeness (QED) is 0.712. The SMILES string of the molecule is CC=C1CCC(c2cccc3ccccc23)C(=O)O1. The molecule has 2 nitrogen and oxygen atoms in total. The van der Waals surface area contributed by atoms with Gasteiger partial charge in [-0.1, -0.05) is 42.5 Å². The molecule has 96 valence electrons. The molecule has 0 N–H and O–H groups in total. The number of ether oxygens (including phenoxy) is 1. The monoisotopic (exact) mass is 252 g/mol. The third kappa shape index (κ3) is 2.14. The van der Waals surface area contributed by atoms with E-state index in [2.05, 4.69) is 18.2 Å². The number of fused-ring (bicyclic) bond motifs is 1. The third-order valence-corrected chi connectivity index (χ3v) is 3.72. The molecule has 0 bridgehead atoms. The lowest BCUT2D eigenvalue weighted by atomic mass is 9.88. The molecule has 3 rings (SSSR count). The third-order valence-electron chi connectivity index (χ3n) is 3.72. The van der Waals surface area contributed by atoms with E-state index in [0.29, 0.717) is 0 Å². The Kier molecular flexibility index (Phi) is 3.08. The summed E-state index contributed by atoms with van der Waals surface area (Å²) in [6.45, 7) is 1.90. The fraction of sp³-hybridized carbons (Fsp3) is 0.235. The van der Waals surface area contributed by atoms with Gasteiger partial charge in [0, 0.05) is 6.42 Å². The van der Waals surface area contributed by atoms with Gasteiger partial charge in [-0.05, 0) is 35.8 Å². The van der Waals surface area contributed by atoms with E-state index in [9.17, 15) is 4.79 Å². The van der Waals surface area contributed by atoms with Gasteiger partial charge < -0.3 is 4.74 Å². The molecule has 0 radical (unpaired) electrons. The van der Waals surface area contributed by atoms with Gasteiger partial charge in [-0.3, -0.25) is 4.79 Å². The molecule has 0 aromatic heterocycles. The normalized spacial score (nSPS) is 21.6. The molecule has 0 spiro atoms. The number of cyclic esters (lactones) is 1. The van der Waals surface area contributed by atoms with Gasteiger partial charge in [-0.2, -0.15) is 0 Å². The number of rotatable bonds is 1. The largest absolute Gasteiger partial charge is 0.431 e. The van der Waals surface area contributed by atoms with Gasteiger partial charge in [0.2, 0.25) is 0 Å². The first-order valence-corrected chi connectivity index (χ1v) is 6.64. The molecule has 0 amide bonds. The summed E-state index contributed by atoms with van der Waals surface area (Å²) in [5.41, 5.74) is 1.08. The molecule has 1 heterocycles. The zero-order valence-corrected chi connectivity index (χ0v) is 10.9. The fourth-order valence-corrected chi connectivity index (χ4v) is 2.70. The van der Waals surface area contributed by atoms with Gasteiger partial charge in [0.05, 0.1) is 5.92 Å². The molecule has 1 atom stereocenters. The van der Waals surface area contributed by atoms with E-state index in [1.165, 1.54) is 5.39 Å². The highest BCUT2D eigenvalue weighted by Crippen LogP contribution is 2.34. The number of carbonyl (C=O) groups is 1. The van der Waals surface area contributed by atoms with Gasteiger partial charge in [0.25, 0.3) is 0 Å². The molecule has 2 heteroatoms. The maximum absolute atomic E-state index is 12.1. The molecule has 1 fully saturated rings. The summed E-state index contributed by atoms with van der Waals surface area (Å²) in [6.07, 6.45) is 3.53. The van der Waals surface area contributed by atoms with Crippen LogP contribution in [0.3, 0.4) is 0 Å². The topological polar surface area (TPSA) is 26.3 Å². The molecule has 1 unspecified atom stereocenters. The second-order valence-corrected chi connectivity index (χ2v) is 4.84. The summed E-state index contributed by atoms with van der Waals surface area (Å²) in [7, 11) is 0. The fourth-order valence-electron chi connectivity index (χ4n) is 2.70. The van der Waals surface area contributed by atoms with Crippen molar-refractivity contribution < 1.29 is 9.53 Å². The van der Waals surface area contributed by atoms with E-state index < -0.39 is 0 Å². The predicted molar refractivity (Wildman–Crippen MR) is 75.8 cm³/mol. The lowest BCUT2D eigenvalue weighted by molar-refractivity contribution is -0.143. The maximum Gasteiger partial charge on any atom is 0.318 e. The molecular weight excluding hydrogens is 236 g/mol. The van der Waals surface area contributed by atoms with Crippen LogP contribution in [-0.4, -0.2) is 5.97 Å². The molecule has 0 aliphatic carbocycles. The molecule has 2 aromatic rings. The molecule has 0 saturated carbocycles. The van der Waals surface area contributed by atoms with Crippen molar-refractivity contribution in [2.45, 2.75) is 25.7 Å². The Morgan fingerprint density at radius 2 is 1.95 bits per heavy atom. The first kappa shape index (κ1) is 12.0. The Hall–Kier alpha value is -2.09. The van der Waals surface area contributed by atoms with E-state index in [1.54, 1.807) is 0 Å². The molecule has 2 aromatic carbocycles. The van der Waals surface area contributed by atoms with Crippen molar-refractivity contribution in [3.05, 3.63) is 59.9 Å². The summed E-state index contributed by atoms with van der Waals surface area (Å²) in [5.74, 6) is 0.520. The first-order valence-electron chi connectivity index (χ1n) is 6.64. The number of benzene rings is 2. The minimum atomic E-state index is -0.144.